The molecule has 0 bridgehead atoms. The van der Waals surface area contributed by atoms with Gasteiger partial charge in [-0.3, -0.25) is 4.79 Å². The van der Waals surface area contributed by atoms with Gasteiger partial charge in [0.15, 0.2) is 5.78 Å². The minimum absolute atomic E-state index is 0.00751. The number of allylic oxidation sites excluding steroid dienone is 1. The summed E-state index contributed by atoms with van der Waals surface area (Å²) in [7, 11) is 0. The standard InChI is InChI=1S/C20H25NO3S/c1-12(2)10-23-17-7-16(8-18(9-17)24-13(3)4)19(22)15(6)20-21-14(5)11-25-20/h7-9,11-13H,6,10H2,1-5H3. The number of Topliss-reactive ketones (excluding diaryl/α,β-unsaturated/α-hetero) is 1. The number of carbonyl (C=O) groups excluding carboxylic acids is 1. The maximum Gasteiger partial charge on any atom is 0.195 e. The van der Waals surface area contributed by atoms with Gasteiger partial charge in [0.1, 0.15) is 16.5 Å². The number of ketones is 1. The van der Waals surface area contributed by atoms with Crippen molar-refractivity contribution >= 4 is 22.7 Å². The second kappa shape index (κ2) is 8.30. The van der Waals surface area contributed by atoms with Crippen molar-refractivity contribution in [3.8, 4) is 11.5 Å². The van der Waals surface area contributed by atoms with E-state index in [1.54, 1.807) is 12.1 Å². The van der Waals surface area contributed by atoms with Gasteiger partial charge in [0.25, 0.3) is 0 Å². The minimum Gasteiger partial charge on any atom is -0.493 e. The summed E-state index contributed by atoms with van der Waals surface area (Å²) < 4.78 is 11.6. The third kappa shape index (κ3) is 5.43. The Morgan fingerprint density at radius 1 is 1.20 bits per heavy atom. The number of ether oxygens (including phenoxy) is 2. The van der Waals surface area contributed by atoms with Gasteiger partial charge in [0.05, 0.1) is 18.3 Å². The first-order valence-electron chi connectivity index (χ1n) is 8.37. The van der Waals surface area contributed by atoms with Gasteiger partial charge in [-0.2, -0.15) is 0 Å². The van der Waals surface area contributed by atoms with Crippen molar-refractivity contribution in [2.75, 3.05) is 6.61 Å². The normalized spacial score (nSPS) is 11.0. The quantitative estimate of drug-likeness (QED) is 0.482. The molecule has 1 aromatic carbocycles. The molecule has 0 saturated carbocycles. The van der Waals surface area contributed by atoms with Crippen LogP contribution in [-0.4, -0.2) is 23.5 Å². The molecule has 0 spiro atoms. The molecule has 0 fully saturated rings. The van der Waals surface area contributed by atoms with Crippen molar-refractivity contribution in [2.24, 2.45) is 5.92 Å². The van der Waals surface area contributed by atoms with E-state index in [9.17, 15) is 4.79 Å². The van der Waals surface area contributed by atoms with Crippen LogP contribution >= 0.6 is 11.3 Å². The average molecular weight is 359 g/mol. The van der Waals surface area contributed by atoms with Crippen molar-refractivity contribution < 1.29 is 14.3 Å². The van der Waals surface area contributed by atoms with Crippen LogP contribution in [0.2, 0.25) is 0 Å². The fourth-order valence-corrected chi connectivity index (χ4v) is 2.92. The number of rotatable bonds is 8. The smallest absolute Gasteiger partial charge is 0.195 e. The van der Waals surface area contributed by atoms with Crippen LogP contribution in [0.3, 0.4) is 0 Å². The first-order chi connectivity index (χ1) is 11.8. The molecule has 0 atom stereocenters. The summed E-state index contributed by atoms with van der Waals surface area (Å²) in [6.07, 6.45) is 0.00751. The number of hydrogen-bond acceptors (Lipinski definition) is 5. The Morgan fingerprint density at radius 2 is 1.88 bits per heavy atom. The lowest BCUT2D eigenvalue weighted by Gasteiger charge is -2.15. The third-order valence-electron chi connectivity index (χ3n) is 3.25. The fourth-order valence-electron chi connectivity index (χ4n) is 2.15. The number of hydrogen-bond donors (Lipinski definition) is 0. The predicted octanol–water partition coefficient (Wildman–Crippen LogP) is 5.17. The molecule has 2 aromatic rings. The molecule has 25 heavy (non-hydrogen) atoms. The zero-order chi connectivity index (χ0) is 18.6. The van der Waals surface area contributed by atoms with Crippen LogP contribution < -0.4 is 9.47 Å². The molecule has 0 aliphatic carbocycles. The molecule has 0 saturated heterocycles. The van der Waals surface area contributed by atoms with Gasteiger partial charge in [-0.1, -0.05) is 20.4 Å². The molecule has 134 valence electrons. The van der Waals surface area contributed by atoms with Crippen molar-refractivity contribution in [2.45, 2.75) is 40.7 Å². The van der Waals surface area contributed by atoms with E-state index in [0.717, 1.165) is 5.69 Å². The Hall–Kier alpha value is -2.14. The number of aryl methyl sites for hydroxylation is 1. The van der Waals surface area contributed by atoms with E-state index in [0.29, 0.717) is 40.2 Å². The van der Waals surface area contributed by atoms with Crippen LogP contribution in [0.15, 0.2) is 30.2 Å². The number of nitrogens with zero attached hydrogens (tertiary/aromatic N) is 1. The van der Waals surface area contributed by atoms with E-state index in [-0.39, 0.29) is 11.9 Å². The number of aromatic nitrogens is 1. The molecule has 0 radical (unpaired) electrons. The van der Waals surface area contributed by atoms with E-state index >= 15 is 0 Å². The van der Waals surface area contributed by atoms with Gasteiger partial charge in [-0.05, 0) is 38.8 Å². The molecule has 0 amide bonds. The van der Waals surface area contributed by atoms with Crippen molar-refractivity contribution in [3.63, 3.8) is 0 Å². The van der Waals surface area contributed by atoms with E-state index in [2.05, 4.69) is 25.4 Å². The van der Waals surface area contributed by atoms with Crippen LogP contribution in [0.1, 0.15) is 48.8 Å². The number of carbonyl (C=O) groups is 1. The molecular weight excluding hydrogens is 334 g/mol. The molecule has 1 aromatic heterocycles. The van der Waals surface area contributed by atoms with Gasteiger partial charge in [-0.15, -0.1) is 11.3 Å². The summed E-state index contributed by atoms with van der Waals surface area (Å²) in [4.78, 5) is 17.2. The van der Waals surface area contributed by atoms with Gasteiger partial charge < -0.3 is 9.47 Å². The maximum atomic E-state index is 12.8. The van der Waals surface area contributed by atoms with Crippen LogP contribution in [0, 0.1) is 12.8 Å². The highest BCUT2D eigenvalue weighted by Crippen LogP contribution is 2.28. The molecule has 2 rings (SSSR count). The summed E-state index contributed by atoms with van der Waals surface area (Å²) >= 11 is 1.42. The minimum atomic E-state index is -0.169. The SMILES string of the molecule is C=C(C(=O)c1cc(OCC(C)C)cc(OC(C)C)c1)c1nc(C)cs1. The Labute approximate surface area is 153 Å². The lowest BCUT2D eigenvalue weighted by atomic mass is 10.0. The number of benzene rings is 1. The van der Waals surface area contributed by atoms with Crippen LogP contribution in [-0.2, 0) is 0 Å². The predicted molar refractivity (Wildman–Crippen MR) is 103 cm³/mol. The average Bonchev–Trinajstić information content (AvgIpc) is 2.97. The molecule has 5 heteroatoms. The molecule has 0 aliphatic heterocycles. The van der Waals surface area contributed by atoms with E-state index in [1.165, 1.54) is 11.3 Å². The molecule has 0 unspecified atom stereocenters. The van der Waals surface area contributed by atoms with Gasteiger partial charge in [-0.25, -0.2) is 4.98 Å². The van der Waals surface area contributed by atoms with Crippen LogP contribution in [0.25, 0.3) is 5.57 Å². The van der Waals surface area contributed by atoms with Gasteiger partial charge in [0.2, 0.25) is 0 Å². The summed E-state index contributed by atoms with van der Waals surface area (Å²) in [5.41, 5.74) is 1.76. The van der Waals surface area contributed by atoms with Crippen LogP contribution in [0.5, 0.6) is 11.5 Å². The second-order valence-electron chi connectivity index (χ2n) is 6.67. The van der Waals surface area contributed by atoms with Crippen LogP contribution in [0.4, 0.5) is 0 Å². The third-order valence-corrected chi connectivity index (χ3v) is 4.27. The maximum absolute atomic E-state index is 12.8. The van der Waals surface area contributed by atoms with E-state index in [4.69, 9.17) is 9.47 Å². The second-order valence-corrected chi connectivity index (χ2v) is 7.52. The zero-order valence-corrected chi connectivity index (χ0v) is 16.3. The summed E-state index contributed by atoms with van der Waals surface area (Å²) in [6, 6.07) is 5.29. The first kappa shape index (κ1) is 19.2. The largest absolute Gasteiger partial charge is 0.493 e. The Balaban J connectivity index is 2.31. The van der Waals surface area contributed by atoms with Gasteiger partial charge in [0, 0.05) is 22.7 Å². The Bertz CT molecular complexity index is 762. The van der Waals surface area contributed by atoms with E-state index in [1.807, 2.05) is 32.2 Å². The summed E-state index contributed by atoms with van der Waals surface area (Å²) in [5, 5.41) is 2.55. The monoisotopic (exact) mass is 359 g/mol. The Kier molecular flexibility index (Phi) is 6.37. The van der Waals surface area contributed by atoms with E-state index < -0.39 is 0 Å². The summed E-state index contributed by atoms with van der Waals surface area (Å²) in [6.45, 7) is 14.4. The van der Waals surface area contributed by atoms with Crippen molar-refractivity contribution in [1.29, 1.82) is 0 Å². The molecular formula is C20H25NO3S. The molecule has 1 heterocycles. The highest BCUT2D eigenvalue weighted by molar-refractivity contribution is 7.11. The van der Waals surface area contributed by atoms with Gasteiger partial charge >= 0.3 is 0 Å². The van der Waals surface area contributed by atoms with Crippen molar-refractivity contribution in [3.05, 3.63) is 46.4 Å². The lowest BCUT2D eigenvalue weighted by molar-refractivity contribution is 0.105. The molecule has 4 nitrogen and oxygen atoms in total. The Morgan fingerprint density at radius 3 is 2.44 bits per heavy atom. The zero-order valence-electron chi connectivity index (χ0n) is 15.5. The molecule has 0 N–H and O–H groups in total. The summed E-state index contributed by atoms with van der Waals surface area (Å²) in [5.74, 6) is 1.46. The highest BCUT2D eigenvalue weighted by atomic mass is 32.1. The lowest BCUT2D eigenvalue weighted by Crippen LogP contribution is -2.09. The topological polar surface area (TPSA) is 48.4 Å². The highest BCUT2D eigenvalue weighted by Gasteiger charge is 2.18. The first-order valence-corrected chi connectivity index (χ1v) is 9.25. The van der Waals surface area contributed by atoms with Crippen molar-refractivity contribution in [1.82, 2.24) is 4.98 Å². The molecule has 0 aliphatic rings. The fraction of sp³-hybridized carbons (Fsp3) is 0.400. The number of thiazole rings is 1.